The number of carboxylic acids is 1. The van der Waals surface area contributed by atoms with Gasteiger partial charge in [-0.05, 0) is 25.0 Å². The Balaban J connectivity index is 1.63. The van der Waals surface area contributed by atoms with Gasteiger partial charge in [0.05, 0.1) is 18.9 Å². The molecule has 0 spiro atoms. The van der Waals surface area contributed by atoms with E-state index in [0.717, 1.165) is 0 Å². The molecule has 0 aromatic carbocycles. The van der Waals surface area contributed by atoms with Crippen LogP contribution in [0.15, 0.2) is 22.8 Å². The molecule has 19 heavy (non-hydrogen) atoms. The molecular weight excluding hydrogens is 252 g/mol. The summed E-state index contributed by atoms with van der Waals surface area (Å²) in [5.74, 6) is -0.289. The molecule has 0 aliphatic carbocycles. The Morgan fingerprint density at radius 3 is 2.84 bits per heavy atom. The van der Waals surface area contributed by atoms with Crippen LogP contribution in [0.1, 0.15) is 18.6 Å². The van der Waals surface area contributed by atoms with Crippen LogP contribution in [0.25, 0.3) is 0 Å². The van der Waals surface area contributed by atoms with E-state index in [2.05, 4.69) is 10.6 Å². The predicted octanol–water partition coefficient (Wildman–Crippen LogP) is 0.711. The average Bonchev–Trinajstić information content (AvgIpc) is 3.05. The van der Waals surface area contributed by atoms with E-state index >= 15 is 0 Å². The molecule has 1 aliphatic rings. The summed E-state index contributed by atoms with van der Waals surface area (Å²) in [6, 6.07) is 3.17. The van der Waals surface area contributed by atoms with Crippen molar-refractivity contribution >= 4 is 12.0 Å². The number of ether oxygens (including phenoxy) is 1. The summed E-state index contributed by atoms with van der Waals surface area (Å²) < 4.78 is 10.3. The van der Waals surface area contributed by atoms with Gasteiger partial charge in [0.15, 0.2) is 6.10 Å². The van der Waals surface area contributed by atoms with Gasteiger partial charge >= 0.3 is 12.0 Å². The monoisotopic (exact) mass is 268 g/mol. The van der Waals surface area contributed by atoms with E-state index < -0.39 is 12.1 Å². The lowest BCUT2D eigenvalue weighted by Gasteiger charge is -2.12. The first-order chi connectivity index (χ1) is 9.15. The highest BCUT2D eigenvalue weighted by Crippen LogP contribution is 2.19. The first-order valence-corrected chi connectivity index (χ1v) is 6.07. The number of nitrogens with one attached hydrogen (secondary N) is 2. The van der Waals surface area contributed by atoms with Gasteiger partial charge in [0, 0.05) is 6.54 Å². The number of carbonyl (C=O) groups is 2. The van der Waals surface area contributed by atoms with E-state index in [9.17, 15) is 9.59 Å². The van der Waals surface area contributed by atoms with Crippen LogP contribution in [0.5, 0.6) is 0 Å². The third kappa shape index (κ3) is 3.99. The molecule has 1 aromatic rings. The van der Waals surface area contributed by atoms with Gasteiger partial charge in [0.2, 0.25) is 0 Å². The fourth-order valence-corrected chi connectivity index (χ4v) is 1.89. The smallest absolute Gasteiger partial charge is 0.332 e. The van der Waals surface area contributed by atoms with Crippen molar-refractivity contribution in [1.29, 1.82) is 0 Å². The lowest BCUT2D eigenvalue weighted by atomic mass is 10.2. The summed E-state index contributed by atoms with van der Waals surface area (Å²) in [6.07, 6.45) is 1.66. The molecule has 0 saturated carbocycles. The Hall–Kier alpha value is -2.02. The molecule has 1 aromatic heterocycles. The van der Waals surface area contributed by atoms with Crippen molar-refractivity contribution in [1.82, 2.24) is 10.6 Å². The summed E-state index contributed by atoms with van der Waals surface area (Å²) >= 11 is 0. The van der Waals surface area contributed by atoms with E-state index in [1.54, 1.807) is 12.1 Å². The zero-order valence-electron chi connectivity index (χ0n) is 10.3. The summed E-state index contributed by atoms with van der Waals surface area (Å²) in [6.45, 7) is 0.607. The number of carbonyl (C=O) groups excluding carboxylic acids is 1. The molecule has 2 heterocycles. The minimum Gasteiger partial charge on any atom is -0.479 e. The predicted molar refractivity (Wildman–Crippen MR) is 64.5 cm³/mol. The number of amides is 2. The van der Waals surface area contributed by atoms with Crippen LogP contribution >= 0.6 is 0 Å². The van der Waals surface area contributed by atoms with Crippen LogP contribution in [-0.2, 0) is 16.1 Å². The fraction of sp³-hybridized carbons (Fsp3) is 0.500. The number of rotatable bonds is 5. The minimum absolute atomic E-state index is 0.240. The molecule has 0 bridgehead atoms. The van der Waals surface area contributed by atoms with Crippen molar-refractivity contribution < 1.29 is 23.8 Å². The van der Waals surface area contributed by atoms with E-state index in [4.69, 9.17) is 14.3 Å². The Kier molecular flexibility index (Phi) is 4.40. The molecule has 2 rings (SSSR count). The van der Waals surface area contributed by atoms with E-state index in [0.29, 0.717) is 31.7 Å². The van der Waals surface area contributed by atoms with Crippen molar-refractivity contribution in [2.24, 2.45) is 0 Å². The third-order valence-electron chi connectivity index (χ3n) is 2.88. The highest BCUT2D eigenvalue weighted by molar-refractivity contribution is 5.74. The van der Waals surface area contributed by atoms with Crippen LogP contribution in [0.4, 0.5) is 4.79 Å². The van der Waals surface area contributed by atoms with Gasteiger partial charge in [-0.15, -0.1) is 0 Å². The van der Waals surface area contributed by atoms with Gasteiger partial charge in [0.1, 0.15) is 5.76 Å². The van der Waals surface area contributed by atoms with Crippen molar-refractivity contribution in [2.75, 3.05) is 6.54 Å². The molecule has 7 nitrogen and oxygen atoms in total. The lowest BCUT2D eigenvalue weighted by molar-refractivity contribution is -0.149. The van der Waals surface area contributed by atoms with Crippen LogP contribution < -0.4 is 10.6 Å². The quantitative estimate of drug-likeness (QED) is 0.730. The van der Waals surface area contributed by atoms with Crippen molar-refractivity contribution in [3.05, 3.63) is 24.2 Å². The molecule has 2 atom stereocenters. The Bertz CT molecular complexity index is 431. The highest BCUT2D eigenvalue weighted by atomic mass is 16.5. The number of hydrogen-bond acceptors (Lipinski definition) is 4. The van der Waals surface area contributed by atoms with Crippen LogP contribution in [0.3, 0.4) is 0 Å². The summed E-state index contributed by atoms with van der Waals surface area (Å²) in [7, 11) is 0. The SMILES string of the molecule is O=C(NCc1ccco1)NCC1CCC(C(=O)O)O1. The molecule has 1 fully saturated rings. The average molecular weight is 268 g/mol. The Labute approximate surface area is 109 Å². The molecule has 2 amide bonds. The second kappa shape index (κ2) is 6.24. The van der Waals surface area contributed by atoms with E-state index in [-0.39, 0.29) is 12.1 Å². The van der Waals surface area contributed by atoms with Crippen LogP contribution in [0.2, 0.25) is 0 Å². The van der Waals surface area contributed by atoms with Gasteiger partial charge in [0.25, 0.3) is 0 Å². The topological polar surface area (TPSA) is 101 Å². The maximum Gasteiger partial charge on any atom is 0.332 e. The largest absolute Gasteiger partial charge is 0.479 e. The first kappa shape index (κ1) is 13.4. The van der Waals surface area contributed by atoms with Crippen LogP contribution in [-0.4, -0.2) is 35.9 Å². The molecule has 0 radical (unpaired) electrons. The van der Waals surface area contributed by atoms with E-state index in [1.807, 2.05) is 0 Å². The second-order valence-corrected chi connectivity index (χ2v) is 4.31. The first-order valence-electron chi connectivity index (χ1n) is 6.07. The maximum atomic E-state index is 11.5. The van der Waals surface area contributed by atoms with Crippen molar-refractivity contribution in [3.8, 4) is 0 Å². The standard InChI is InChI=1S/C12H16N2O5/c15-11(16)10-4-3-9(19-10)7-14-12(17)13-6-8-2-1-5-18-8/h1-2,5,9-10H,3-4,6-7H2,(H,15,16)(H2,13,14,17). The molecule has 1 aliphatic heterocycles. The second-order valence-electron chi connectivity index (χ2n) is 4.31. The minimum atomic E-state index is -0.954. The summed E-state index contributed by atoms with van der Waals surface area (Å²) in [4.78, 5) is 22.2. The number of furan rings is 1. The molecule has 7 heteroatoms. The third-order valence-corrected chi connectivity index (χ3v) is 2.88. The summed E-state index contributed by atoms with van der Waals surface area (Å²) in [5, 5.41) is 14.0. The Morgan fingerprint density at radius 2 is 2.21 bits per heavy atom. The molecule has 1 saturated heterocycles. The van der Waals surface area contributed by atoms with Gasteiger partial charge < -0.3 is 24.9 Å². The molecule has 104 valence electrons. The normalized spacial score (nSPS) is 22.1. The van der Waals surface area contributed by atoms with Crippen molar-refractivity contribution in [2.45, 2.75) is 31.6 Å². The zero-order chi connectivity index (χ0) is 13.7. The van der Waals surface area contributed by atoms with Crippen molar-refractivity contribution in [3.63, 3.8) is 0 Å². The molecule has 3 N–H and O–H groups in total. The van der Waals surface area contributed by atoms with E-state index in [1.165, 1.54) is 6.26 Å². The highest BCUT2D eigenvalue weighted by Gasteiger charge is 2.30. The maximum absolute atomic E-state index is 11.5. The fourth-order valence-electron chi connectivity index (χ4n) is 1.89. The van der Waals surface area contributed by atoms with Gasteiger partial charge in [-0.2, -0.15) is 0 Å². The van der Waals surface area contributed by atoms with Gasteiger partial charge in [-0.3, -0.25) is 0 Å². The number of urea groups is 1. The van der Waals surface area contributed by atoms with Gasteiger partial charge in [-0.1, -0.05) is 0 Å². The number of carboxylic acid groups (broad SMARTS) is 1. The van der Waals surface area contributed by atoms with Crippen LogP contribution in [0, 0.1) is 0 Å². The molecule has 2 unspecified atom stereocenters. The Morgan fingerprint density at radius 1 is 1.37 bits per heavy atom. The van der Waals surface area contributed by atoms with Gasteiger partial charge in [-0.25, -0.2) is 9.59 Å². The number of aliphatic carboxylic acids is 1. The zero-order valence-corrected chi connectivity index (χ0v) is 10.3. The summed E-state index contributed by atoms with van der Waals surface area (Å²) in [5.41, 5.74) is 0. The number of hydrogen-bond donors (Lipinski definition) is 3. The molecular formula is C12H16N2O5. The lowest BCUT2D eigenvalue weighted by Crippen LogP contribution is -2.39.